The Morgan fingerprint density at radius 2 is 1.38 bits per heavy atom. The highest BCUT2D eigenvalue weighted by Crippen LogP contribution is 2.37. The van der Waals surface area contributed by atoms with E-state index in [1.54, 1.807) is 6.07 Å². The lowest BCUT2D eigenvalue weighted by Gasteiger charge is -2.32. The van der Waals surface area contributed by atoms with Gasteiger partial charge in [0, 0.05) is 0 Å². The fourth-order valence-electron chi connectivity index (χ4n) is 2.88. The minimum atomic E-state index is -2.16. The Labute approximate surface area is 140 Å². The van der Waals surface area contributed by atoms with E-state index in [1.165, 1.54) is 18.2 Å². The molecule has 0 spiro atoms. The van der Waals surface area contributed by atoms with Gasteiger partial charge in [0.25, 0.3) is 0 Å². The van der Waals surface area contributed by atoms with E-state index in [2.05, 4.69) is 0 Å². The minimum absolute atomic E-state index is 0.0784. The van der Waals surface area contributed by atoms with E-state index in [9.17, 15) is 22.0 Å². The zero-order valence-electron chi connectivity index (χ0n) is 13.5. The van der Waals surface area contributed by atoms with Crippen LogP contribution in [-0.4, -0.2) is 10.5 Å². The molecule has 2 aromatic carbocycles. The van der Waals surface area contributed by atoms with Gasteiger partial charge in [0.2, 0.25) is 5.82 Å². The molecule has 0 bridgehead atoms. The van der Waals surface area contributed by atoms with E-state index in [4.69, 9.17) is 4.43 Å². The fourth-order valence-corrected chi connectivity index (χ4v) is 3.69. The summed E-state index contributed by atoms with van der Waals surface area (Å²) >= 11 is 0. The first kappa shape index (κ1) is 18.6. The highest BCUT2D eigenvalue weighted by atomic mass is 28.2. The summed E-state index contributed by atoms with van der Waals surface area (Å²) in [5, 5.41) is 0. The van der Waals surface area contributed by atoms with Crippen LogP contribution in [0.3, 0.4) is 0 Å². The molecule has 0 aliphatic rings. The van der Waals surface area contributed by atoms with Crippen molar-refractivity contribution in [1.82, 2.24) is 0 Å². The van der Waals surface area contributed by atoms with Crippen molar-refractivity contribution in [3.05, 3.63) is 58.9 Å². The van der Waals surface area contributed by atoms with Crippen molar-refractivity contribution in [3.63, 3.8) is 0 Å². The number of benzene rings is 2. The number of hydrogen-bond acceptors (Lipinski definition) is 1. The van der Waals surface area contributed by atoms with Crippen LogP contribution in [0.15, 0.2) is 24.3 Å². The van der Waals surface area contributed by atoms with E-state index in [-0.39, 0.29) is 5.56 Å². The third kappa shape index (κ3) is 2.86. The maximum atomic E-state index is 14.0. The summed E-state index contributed by atoms with van der Waals surface area (Å²) in [5.41, 5.74) is -0.997. The van der Waals surface area contributed by atoms with Gasteiger partial charge >= 0.3 is 0 Å². The Balaban J connectivity index is 2.71. The number of rotatable bonds is 5. The van der Waals surface area contributed by atoms with E-state index < -0.39 is 40.3 Å². The predicted molar refractivity (Wildman–Crippen MR) is 85.0 cm³/mol. The minimum Gasteiger partial charge on any atom is -0.418 e. The smallest absolute Gasteiger partial charge is 0.200 e. The van der Waals surface area contributed by atoms with Crippen molar-refractivity contribution >= 4 is 10.5 Å². The Bertz CT molecular complexity index is 722. The Morgan fingerprint density at radius 3 is 1.83 bits per heavy atom. The first-order chi connectivity index (χ1) is 11.3. The third-order valence-corrected chi connectivity index (χ3v) is 5.20. The molecule has 0 amide bonds. The summed E-state index contributed by atoms with van der Waals surface area (Å²) in [7, 11) is 0.443. The molecule has 1 nitrogen and oxygen atoms in total. The molecule has 2 rings (SSSR count). The van der Waals surface area contributed by atoms with Gasteiger partial charge in [-0.3, -0.25) is 0 Å². The summed E-state index contributed by atoms with van der Waals surface area (Å²) in [6, 6.07) is 5.97. The third-order valence-electron chi connectivity index (χ3n) is 4.42. The van der Waals surface area contributed by atoms with Crippen LogP contribution in [0, 0.1) is 29.1 Å². The zero-order chi connectivity index (χ0) is 18.1. The van der Waals surface area contributed by atoms with Crippen LogP contribution in [-0.2, 0) is 10.0 Å². The average Bonchev–Trinajstić information content (AvgIpc) is 2.61. The molecule has 2 aromatic rings. The van der Waals surface area contributed by atoms with E-state index in [0.717, 1.165) is 0 Å². The predicted octanol–water partition coefficient (Wildman–Crippen LogP) is 4.36. The molecule has 0 aliphatic carbocycles. The lowest BCUT2D eigenvalue weighted by molar-refractivity contribution is 0.0686. The Kier molecular flexibility index (Phi) is 5.44. The van der Waals surface area contributed by atoms with Crippen LogP contribution in [0.5, 0.6) is 0 Å². The molecular weight excluding hydrogens is 343 g/mol. The highest BCUT2D eigenvalue weighted by Gasteiger charge is 2.30. The molecule has 7 heteroatoms. The largest absolute Gasteiger partial charge is 0.418 e. The van der Waals surface area contributed by atoms with Crippen molar-refractivity contribution in [2.45, 2.75) is 32.3 Å². The van der Waals surface area contributed by atoms with Crippen molar-refractivity contribution < 1.29 is 26.4 Å². The van der Waals surface area contributed by atoms with Crippen LogP contribution in [0.4, 0.5) is 22.0 Å². The van der Waals surface area contributed by atoms with Crippen LogP contribution in [0.1, 0.15) is 32.3 Å². The maximum Gasteiger partial charge on any atom is 0.200 e. The zero-order valence-corrected chi connectivity index (χ0v) is 15.5. The summed E-state index contributed by atoms with van der Waals surface area (Å²) in [4.78, 5) is 0. The highest BCUT2D eigenvalue weighted by molar-refractivity contribution is 5.98. The van der Waals surface area contributed by atoms with Gasteiger partial charge in [-0.25, -0.2) is 22.0 Å². The molecule has 0 saturated carbocycles. The molecule has 0 atom stereocenters. The monoisotopic (exact) mass is 360 g/mol. The topological polar surface area (TPSA) is 9.23 Å². The second kappa shape index (κ2) is 7.02. The van der Waals surface area contributed by atoms with Crippen LogP contribution < -0.4 is 0 Å². The molecule has 0 fully saturated rings. The summed E-state index contributed by atoms with van der Waals surface area (Å²) < 4.78 is 73.8. The molecule has 0 heterocycles. The van der Waals surface area contributed by atoms with Crippen molar-refractivity contribution in [1.29, 1.82) is 0 Å². The van der Waals surface area contributed by atoms with Gasteiger partial charge < -0.3 is 4.43 Å². The van der Waals surface area contributed by atoms with Gasteiger partial charge in [-0.2, -0.15) is 0 Å². The molecule has 0 saturated heterocycles. The molecule has 0 aliphatic heterocycles. The quantitative estimate of drug-likeness (QED) is 0.333. The molecule has 24 heavy (non-hydrogen) atoms. The first-order valence-corrected chi connectivity index (χ1v) is 8.32. The Hall–Kier alpha value is -1.73. The van der Waals surface area contributed by atoms with Gasteiger partial charge in [-0.05, 0) is 30.0 Å². The van der Waals surface area contributed by atoms with E-state index in [0.29, 0.717) is 28.9 Å². The van der Waals surface area contributed by atoms with Crippen molar-refractivity contribution in [2.24, 2.45) is 0 Å². The average molecular weight is 360 g/mol. The van der Waals surface area contributed by atoms with Gasteiger partial charge in [-0.1, -0.05) is 32.0 Å². The normalized spacial score (nSPS) is 12.0. The van der Waals surface area contributed by atoms with Gasteiger partial charge in [0.05, 0.1) is 11.2 Å². The second-order valence-corrected chi connectivity index (χ2v) is 5.84. The fraction of sp³-hybridized carbons (Fsp3) is 0.294. The van der Waals surface area contributed by atoms with Crippen LogP contribution in [0.25, 0.3) is 11.1 Å². The van der Waals surface area contributed by atoms with Crippen molar-refractivity contribution in [3.8, 4) is 11.1 Å². The second-order valence-electron chi connectivity index (χ2n) is 5.43. The maximum absolute atomic E-state index is 14.0. The standard InChI is InChI=1S/C17H17F5OSi/c1-3-17(4-2,23-24)10-7-5-6-9(8-10)11-12(18)14(20)16(22)15(21)13(11)19/h5-8H,3-4H2,1-2,24H3. The SMILES string of the molecule is CCC(CC)(O[SiH3])c1cccc(-c2c(F)c(F)c(F)c(F)c2F)c1. The lowest BCUT2D eigenvalue weighted by atomic mass is 9.87. The summed E-state index contributed by atoms with van der Waals surface area (Å²) in [6.07, 6.45) is 1.24. The van der Waals surface area contributed by atoms with Gasteiger partial charge in [-0.15, -0.1) is 0 Å². The molecule has 130 valence electrons. The summed E-state index contributed by atoms with van der Waals surface area (Å²) in [6.45, 7) is 3.82. The van der Waals surface area contributed by atoms with Gasteiger partial charge in [0.1, 0.15) is 10.5 Å². The Morgan fingerprint density at radius 1 is 0.875 bits per heavy atom. The first-order valence-electron chi connectivity index (χ1n) is 7.50. The van der Waals surface area contributed by atoms with Crippen molar-refractivity contribution in [2.75, 3.05) is 0 Å². The van der Waals surface area contributed by atoms with Gasteiger partial charge in [0.15, 0.2) is 23.3 Å². The van der Waals surface area contributed by atoms with Crippen LogP contribution in [0.2, 0.25) is 0 Å². The van der Waals surface area contributed by atoms with Crippen LogP contribution >= 0.6 is 0 Å². The number of halogens is 5. The molecule has 0 unspecified atom stereocenters. The van der Waals surface area contributed by atoms with E-state index in [1.807, 2.05) is 13.8 Å². The lowest BCUT2D eigenvalue weighted by Crippen LogP contribution is -2.27. The summed E-state index contributed by atoms with van der Waals surface area (Å²) in [5.74, 6) is -9.75. The molecule has 0 aromatic heterocycles. The molecule has 0 radical (unpaired) electrons. The number of hydrogen-bond donors (Lipinski definition) is 0. The molecular formula is C17H17F5OSi. The van der Waals surface area contributed by atoms with E-state index >= 15 is 0 Å². The molecule has 0 N–H and O–H groups in total.